The molecule has 0 atom stereocenters. The Morgan fingerprint density at radius 3 is 2.84 bits per heavy atom. The molecule has 0 aliphatic rings. The monoisotopic (exact) mass is 357 g/mol. The average Bonchev–Trinajstić information content (AvgIpc) is 3.09. The fourth-order valence-corrected chi connectivity index (χ4v) is 2.88. The summed E-state index contributed by atoms with van der Waals surface area (Å²) < 4.78 is 7.10. The van der Waals surface area contributed by atoms with Crippen LogP contribution in [0.25, 0.3) is 10.9 Å². The van der Waals surface area contributed by atoms with Gasteiger partial charge in [-0.2, -0.15) is 0 Å². The maximum Gasteiger partial charge on any atom is 0.262 e. The number of aromatic amines is 1. The van der Waals surface area contributed by atoms with E-state index in [1.54, 1.807) is 41.2 Å². The highest BCUT2D eigenvalue weighted by Crippen LogP contribution is 2.12. The van der Waals surface area contributed by atoms with Crippen LogP contribution in [0.4, 0.5) is 0 Å². The Kier molecular flexibility index (Phi) is 4.85. The first-order valence-electron chi connectivity index (χ1n) is 8.03. The summed E-state index contributed by atoms with van der Waals surface area (Å²) >= 11 is 5.29. The van der Waals surface area contributed by atoms with Crippen molar-refractivity contribution in [2.75, 3.05) is 0 Å². The van der Waals surface area contributed by atoms with Gasteiger partial charge < -0.3 is 14.7 Å². The quantitative estimate of drug-likeness (QED) is 0.687. The number of carbonyl (C=O) groups excluding carboxylic acids is 1. The molecule has 0 fully saturated rings. The molecule has 3 rings (SSSR count). The third-order valence-corrected chi connectivity index (χ3v) is 4.12. The van der Waals surface area contributed by atoms with Gasteiger partial charge in [-0.05, 0) is 48.5 Å². The molecule has 2 heterocycles. The molecule has 3 aromatic rings. The van der Waals surface area contributed by atoms with Gasteiger partial charge in [0.25, 0.3) is 11.5 Å². The molecule has 0 saturated heterocycles. The van der Waals surface area contributed by atoms with Crippen LogP contribution >= 0.6 is 12.2 Å². The molecule has 0 saturated carbocycles. The Morgan fingerprint density at radius 1 is 1.36 bits per heavy atom. The molecule has 130 valence electrons. The van der Waals surface area contributed by atoms with Crippen molar-refractivity contribution in [3.63, 3.8) is 0 Å². The first kappa shape index (κ1) is 17.2. The predicted molar refractivity (Wildman–Crippen MR) is 98.1 cm³/mol. The third-order valence-electron chi connectivity index (χ3n) is 3.80. The van der Waals surface area contributed by atoms with Crippen LogP contribution < -0.4 is 10.9 Å². The maximum absolute atomic E-state index is 12.6. The number of rotatable bonds is 5. The minimum absolute atomic E-state index is 0.144. The number of hydrogen-bond donors (Lipinski definition) is 2. The predicted octanol–water partition coefficient (Wildman–Crippen LogP) is 3.24. The highest BCUT2D eigenvalue weighted by Gasteiger charge is 2.11. The Bertz CT molecular complexity index is 1020. The van der Waals surface area contributed by atoms with Crippen LogP contribution in [0.15, 0.2) is 45.8 Å². The van der Waals surface area contributed by atoms with Gasteiger partial charge in [-0.1, -0.05) is 13.8 Å². The highest BCUT2D eigenvalue weighted by atomic mass is 32.1. The number of nitrogens with one attached hydrogen (secondary N) is 2. The molecule has 0 radical (unpaired) electrons. The molecule has 0 aliphatic carbocycles. The van der Waals surface area contributed by atoms with E-state index in [0.717, 1.165) is 0 Å². The number of H-pyrrole nitrogens is 1. The van der Waals surface area contributed by atoms with Crippen molar-refractivity contribution >= 4 is 29.0 Å². The fourth-order valence-electron chi connectivity index (χ4n) is 2.61. The lowest BCUT2D eigenvalue weighted by Gasteiger charge is -2.11. The molecule has 6 nitrogen and oxygen atoms in total. The minimum Gasteiger partial charge on any atom is -0.467 e. The number of amides is 1. The molecule has 7 heteroatoms. The molecule has 0 aliphatic heterocycles. The highest BCUT2D eigenvalue weighted by molar-refractivity contribution is 7.71. The van der Waals surface area contributed by atoms with Crippen LogP contribution in [0, 0.1) is 10.7 Å². The summed E-state index contributed by atoms with van der Waals surface area (Å²) in [5.41, 5.74) is 0.862. The van der Waals surface area contributed by atoms with Crippen molar-refractivity contribution in [1.29, 1.82) is 0 Å². The lowest BCUT2D eigenvalue weighted by atomic mass is 10.1. The van der Waals surface area contributed by atoms with Crippen molar-refractivity contribution in [3.05, 3.63) is 63.0 Å². The van der Waals surface area contributed by atoms with Crippen molar-refractivity contribution in [2.24, 2.45) is 5.92 Å². The summed E-state index contributed by atoms with van der Waals surface area (Å²) in [6.45, 7) is 4.90. The number of benzene rings is 1. The van der Waals surface area contributed by atoms with E-state index in [2.05, 4.69) is 10.3 Å². The third kappa shape index (κ3) is 3.71. The van der Waals surface area contributed by atoms with Gasteiger partial charge in [-0.3, -0.25) is 14.2 Å². The van der Waals surface area contributed by atoms with Gasteiger partial charge in [0.1, 0.15) is 5.76 Å². The van der Waals surface area contributed by atoms with E-state index in [1.165, 1.54) is 0 Å². The molecule has 2 N–H and O–H groups in total. The van der Waals surface area contributed by atoms with Gasteiger partial charge in [0.15, 0.2) is 4.77 Å². The van der Waals surface area contributed by atoms with Crippen molar-refractivity contribution in [1.82, 2.24) is 14.9 Å². The van der Waals surface area contributed by atoms with E-state index >= 15 is 0 Å². The summed E-state index contributed by atoms with van der Waals surface area (Å²) in [6.07, 6.45) is 1.56. The van der Waals surface area contributed by atoms with Crippen LogP contribution in [0.5, 0.6) is 0 Å². The van der Waals surface area contributed by atoms with Crippen molar-refractivity contribution < 1.29 is 9.21 Å². The molecule has 1 aromatic carbocycles. The summed E-state index contributed by atoms with van der Waals surface area (Å²) in [7, 11) is 0. The largest absolute Gasteiger partial charge is 0.467 e. The van der Waals surface area contributed by atoms with E-state index in [4.69, 9.17) is 16.6 Å². The van der Waals surface area contributed by atoms with Crippen LogP contribution in [-0.4, -0.2) is 15.5 Å². The Labute approximate surface area is 149 Å². The Morgan fingerprint density at radius 2 is 2.16 bits per heavy atom. The summed E-state index contributed by atoms with van der Waals surface area (Å²) in [4.78, 5) is 27.9. The van der Waals surface area contributed by atoms with Crippen molar-refractivity contribution in [3.8, 4) is 0 Å². The Hall–Kier alpha value is -2.67. The topological polar surface area (TPSA) is 80.0 Å². The Balaban J connectivity index is 1.91. The standard InChI is InChI=1S/C18H19N3O3S/c1-11(2)10-21-17(23)14-6-5-12(8-15(14)20-18(21)25)16(22)19-9-13-4-3-7-24-13/h3-8,11H,9-10H2,1-2H3,(H,19,22)(H,20,25). The number of hydrogen-bond acceptors (Lipinski definition) is 4. The maximum atomic E-state index is 12.6. The smallest absolute Gasteiger partial charge is 0.262 e. The molecular weight excluding hydrogens is 338 g/mol. The lowest BCUT2D eigenvalue weighted by Crippen LogP contribution is -2.25. The zero-order valence-corrected chi connectivity index (χ0v) is 14.9. The second kappa shape index (κ2) is 7.06. The molecule has 0 unspecified atom stereocenters. The van der Waals surface area contributed by atoms with Gasteiger partial charge in [0, 0.05) is 12.1 Å². The van der Waals surface area contributed by atoms with Crippen molar-refractivity contribution in [2.45, 2.75) is 26.9 Å². The first-order valence-corrected chi connectivity index (χ1v) is 8.44. The summed E-state index contributed by atoms with van der Waals surface area (Å²) in [6, 6.07) is 8.48. The summed E-state index contributed by atoms with van der Waals surface area (Å²) in [5, 5.41) is 3.29. The average molecular weight is 357 g/mol. The van der Waals surface area contributed by atoms with Crippen LogP contribution in [0.2, 0.25) is 0 Å². The molecule has 2 aromatic heterocycles. The SMILES string of the molecule is CC(C)Cn1c(=S)[nH]c2cc(C(=O)NCc3ccco3)ccc2c1=O. The second-order valence-electron chi connectivity index (χ2n) is 6.26. The van der Waals surface area contributed by atoms with Crippen LogP contribution in [0.3, 0.4) is 0 Å². The molecular formula is C18H19N3O3S. The fraction of sp³-hybridized carbons (Fsp3) is 0.278. The van der Waals surface area contributed by atoms with Gasteiger partial charge >= 0.3 is 0 Å². The minimum atomic E-state index is -0.246. The number of carbonyl (C=O) groups is 1. The van der Waals surface area contributed by atoms with Crippen LogP contribution in [0.1, 0.15) is 30.0 Å². The van der Waals surface area contributed by atoms with E-state index in [9.17, 15) is 9.59 Å². The van der Waals surface area contributed by atoms with E-state index in [1.807, 2.05) is 13.8 Å². The van der Waals surface area contributed by atoms with E-state index in [-0.39, 0.29) is 11.5 Å². The van der Waals surface area contributed by atoms with E-state index in [0.29, 0.717) is 46.0 Å². The molecule has 1 amide bonds. The molecule has 0 spiro atoms. The number of fused-ring (bicyclic) bond motifs is 1. The zero-order chi connectivity index (χ0) is 18.0. The normalized spacial score (nSPS) is 11.2. The van der Waals surface area contributed by atoms with Gasteiger partial charge in [0.05, 0.1) is 23.7 Å². The molecule has 25 heavy (non-hydrogen) atoms. The van der Waals surface area contributed by atoms with Crippen LogP contribution in [-0.2, 0) is 13.1 Å². The number of nitrogens with zero attached hydrogens (tertiary/aromatic N) is 1. The molecule has 0 bridgehead atoms. The second-order valence-corrected chi connectivity index (χ2v) is 6.65. The summed E-state index contributed by atoms with van der Waals surface area (Å²) in [5.74, 6) is 0.728. The van der Waals surface area contributed by atoms with Gasteiger partial charge in [-0.25, -0.2) is 0 Å². The number of furan rings is 1. The zero-order valence-electron chi connectivity index (χ0n) is 14.0. The van der Waals surface area contributed by atoms with Gasteiger partial charge in [-0.15, -0.1) is 0 Å². The van der Waals surface area contributed by atoms with E-state index < -0.39 is 0 Å². The first-order chi connectivity index (χ1) is 12.0. The lowest BCUT2D eigenvalue weighted by molar-refractivity contribution is 0.0948. The number of aromatic nitrogens is 2. The van der Waals surface area contributed by atoms with Gasteiger partial charge in [0.2, 0.25) is 0 Å².